The van der Waals surface area contributed by atoms with Crippen LogP contribution in [0.15, 0.2) is 30.3 Å². The van der Waals surface area contributed by atoms with Crippen molar-refractivity contribution in [2.24, 2.45) is 0 Å². The van der Waals surface area contributed by atoms with E-state index in [0.29, 0.717) is 5.75 Å². The fraction of sp³-hybridized carbons (Fsp3) is 0.667. The molecule has 0 radical (unpaired) electrons. The second-order valence-electron chi connectivity index (χ2n) is 6.56. The van der Waals surface area contributed by atoms with E-state index in [4.69, 9.17) is 6.33 Å². The molecule has 4 nitrogen and oxygen atoms in total. The Labute approximate surface area is 153 Å². The van der Waals surface area contributed by atoms with Crippen molar-refractivity contribution >= 4 is 8.32 Å². The van der Waals surface area contributed by atoms with Crippen LogP contribution in [-0.2, 0) is 21.1 Å². The van der Waals surface area contributed by atoms with Crippen molar-refractivity contribution in [3.8, 4) is 5.75 Å². The third-order valence-electron chi connectivity index (χ3n) is 4.30. The predicted octanol–water partition coefficient (Wildman–Crippen LogP) is 5.23. The molecular formula is C18H34O4SiTi. The zero-order valence-electron chi connectivity index (χ0n) is 15.5. The Balaban J connectivity index is 2.88. The molecule has 1 aromatic rings. The fourth-order valence-electron chi connectivity index (χ4n) is 2.97. The normalized spacial score (nSPS) is 12.4. The first-order valence-corrected chi connectivity index (χ1v) is 14.6. The van der Waals surface area contributed by atoms with Gasteiger partial charge in [-0.05, 0) is 0 Å². The third kappa shape index (κ3) is 8.28. The SMILES string of the molecule is CCCC[Si](CCCC)(CCCC)[O][Ti]([OH])([OH])[O]c1ccccc1. The van der Waals surface area contributed by atoms with E-state index >= 15 is 0 Å². The molecule has 0 spiro atoms. The molecule has 24 heavy (non-hydrogen) atoms. The summed E-state index contributed by atoms with van der Waals surface area (Å²) in [5.74, 6) is 0.479. The van der Waals surface area contributed by atoms with Gasteiger partial charge < -0.3 is 0 Å². The average molecular weight is 390 g/mol. The molecule has 2 N–H and O–H groups in total. The summed E-state index contributed by atoms with van der Waals surface area (Å²) in [4.78, 5) is 0. The molecule has 6 heteroatoms. The Kier molecular flexibility index (Phi) is 10.4. The molecule has 0 saturated heterocycles. The Morgan fingerprint density at radius 3 is 1.71 bits per heavy atom. The van der Waals surface area contributed by atoms with Crippen LogP contribution >= 0.6 is 0 Å². The van der Waals surface area contributed by atoms with Gasteiger partial charge in [-0.3, -0.25) is 0 Å². The molecule has 0 aromatic heterocycles. The van der Waals surface area contributed by atoms with Crippen molar-refractivity contribution in [3.05, 3.63) is 30.3 Å². The van der Waals surface area contributed by atoms with Crippen molar-refractivity contribution in [1.82, 2.24) is 0 Å². The summed E-state index contributed by atoms with van der Waals surface area (Å²) in [6.45, 7) is 6.52. The van der Waals surface area contributed by atoms with E-state index in [-0.39, 0.29) is 0 Å². The van der Waals surface area contributed by atoms with Gasteiger partial charge in [0.2, 0.25) is 0 Å². The minimum atomic E-state index is -4.73. The van der Waals surface area contributed by atoms with E-state index < -0.39 is 26.5 Å². The summed E-state index contributed by atoms with van der Waals surface area (Å²) in [6.07, 6.45) is 6.57. The van der Waals surface area contributed by atoms with Crippen molar-refractivity contribution in [2.45, 2.75) is 77.4 Å². The molecule has 0 aliphatic heterocycles. The van der Waals surface area contributed by atoms with Gasteiger partial charge in [-0.1, -0.05) is 0 Å². The summed E-state index contributed by atoms with van der Waals surface area (Å²) in [5.41, 5.74) is 0. The average Bonchev–Trinajstić information content (AvgIpc) is 2.56. The van der Waals surface area contributed by atoms with E-state index in [1.54, 1.807) is 12.1 Å². The van der Waals surface area contributed by atoms with Gasteiger partial charge >= 0.3 is 154 Å². The maximum absolute atomic E-state index is 10.5. The molecule has 0 bridgehead atoms. The van der Waals surface area contributed by atoms with Crippen LogP contribution in [0.25, 0.3) is 0 Å². The summed E-state index contributed by atoms with van der Waals surface area (Å²) < 4.78 is 32.7. The van der Waals surface area contributed by atoms with Crippen molar-refractivity contribution in [1.29, 1.82) is 0 Å². The zero-order chi connectivity index (χ0) is 17.9. The molecule has 0 heterocycles. The monoisotopic (exact) mass is 390 g/mol. The van der Waals surface area contributed by atoms with Gasteiger partial charge in [0.1, 0.15) is 0 Å². The van der Waals surface area contributed by atoms with E-state index in [9.17, 15) is 7.38 Å². The van der Waals surface area contributed by atoms with Crippen molar-refractivity contribution < 1.29 is 31.8 Å². The van der Waals surface area contributed by atoms with Gasteiger partial charge in [-0.15, -0.1) is 0 Å². The van der Waals surface area contributed by atoms with Crippen molar-refractivity contribution in [3.63, 3.8) is 0 Å². The Morgan fingerprint density at radius 1 is 0.833 bits per heavy atom. The van der Waals surface area contributed by atoms with Crippen LogP contribution in [0.2, 0.25) is 18.1 Å². The van der Waals surface area contributed by atoms with Crippen LogP contribution in [0.3, 0.4) is 0 Å². The van der Waals surface area contributed by atoms with Crippen LogP contribution in [0.1, 0.15) is 59.3 Å². The van der Waals surface area contributed by atoms with Gasteiger partial charge in [0, 0.05) is 0 Å². The molecule has 0 aliphatic carbocycles. The van der Waals surface area contributed by atoms with Crippen molar-refractivity contribution in [2.75, 3.05) is 0 Å². The molecule has 1 aromatic carbocycles. The Bertz CT molecular complexity index is 420. The molecule has 0 atom stereocenters. The molecule has 1 rings (SSSR count). The van der Waals surface area contributed by atoms with E-state index in [2.05, 4.69) is 20.8 Å². The van der Waals surface area contributed by atoms with Crippen LogP contribution < -0.4 is 3.32 Å². The molecule has 0 aliphatic rings. The van der Waals surface area contributed by atoms with E-state index in [1.807, 2.05) is 18.2 Å². The molecule has 0 amide bonds. The number of rotatable bonds is 13. The van der Waals surface area contributed by atoms with Gasteiger partial charge in [0.25, 0.3) is 0 Å². The molecular weight excluding hydrogens is 356 g/mol. The van der Waals surface area contributed by atoms with Crippen LogP contribution in [-0.4, -0.2) is 15.7 Å². The van der Waals surface area contributed by atoms with Gasteiger partial charge in [-0.25, -0.2) is 0 Å². The third-order valence-corrected chi connectivity index (χ3v) is 12.9. The molecule has 138 valence electrons. The standard InChI is InChI=1S/C12H27OSi.C6H6O.2H2O.Ti/c1-4-7-10-14(13,11-8-5-2)12-9-6-3;7-6-4-2-1-3-5-6;;;/h4-12H2,1-3H3;1-5,7H;2*1H2;/q-1;;;;+4/p-3. The fourth-order valence-corrected chi connectivity index (χ4v) is 12.6. The Hall–Kier alpha value is -0.169. The van der Waals surface area contributed by atoms with E-state index in [0.717, 1.165) is 56.7 Å². The summed E-state index contributed by atoms with van der Waals surface area (Å²) in [7, 11) is -2.19. The summed E-state index contributed by atoms with van der Waals surface area (Å²) in [6, 6.07) is 12.0. The number of unbranched alkanes of at least 4 members (excludes halogenated alkanes) is 3. The van der Waals surface area contributed by atoms with Crippen LogP contribution in [0.4, 0.5) is 0 Å². The molecule has 0 unspecified atom stereocenters. The van der Waals surface area contributed by atoms with Gasteiger partial charge in [-0.2, -0.15) is 0 Å². The second-order valence-corrected chi connectivity index (χ2v) is 13.6. The minimum absolute atomic E-state index is 0.479. The zero-order valence-corrected chi connectivity index (χ0v) is 18.0. The van der Waals surface area contributed by atoms with Gasteiger partial charge in [0.15, 0.2) is 0 Å². The first-order valence-electron chi connectivity index (χ1n) is 9.36. The number of hydrogen-bond acceptors (Lipinski definition) is 4. The topological polar surface area (TPSA) is 58.9 Å². The first kappa shape index (κ1) is 21.9. The van der Waals surface area contributed by atoms with E-state index in [1.165, 1.54) is 0 Å². The first-order chi connectivity index (χ1) is 11.5. The molecule has 0 saturated carbocycles. The second kappa shape index (κ2) is 11.4. The van der Waals surface area contributed by atoms with Gasteiger partial charge in [0.05, 0.1) is 0 Å². The summed E-state index contributed by atoms with van der Waals surface area (Å²) in [5, 5.41) is 0. The van der Waals surface area contributed by atoms with Crippen LogP contribution in [0, 0.1) is 0 Å². The number of benzene rings is 1. The molecule has 0 fully saturated rings. The number of para-hydroxylation sites is 1. The maximum atomic E-state index is 10.5. The van der Waals surface area contributed by atoms with Crippen LogP contribution in [0.5, 0.6) is 5.75 Å². The quantitative estimate of drug-likeness (QED) is 0.453. The number of hydrogen-bond donors (Lipinski definition) is 2. The predicted molar refractivity (Wildman–Crippen MR) is 97.5 cm³/mol. The Morgan fingerprint density at radius 2 is 1.29 bits per heavy atom. The summed E-state index contributed by atoms with van der Waals surface area (Å²) >= 11 is -4.73.